The third-order valence-corrected chi connectivity index (χ3v) is 13.7. The summed E-state index contributed by atoms with van der Waals surface area (Å²) < 4.78 is 26.9. The molecule has 5 saturated carbocycles. The van der Waals surface area contributed by atoms with E-state index < -0.39 is 16.1 Å². The predicted molar refractivity (Wildman–Crippen MR) is 172 cm³/mol. The number of fused-ring (bicyclic) bond motifs is 1. The van der Waals surface area contributed by atoms with E-state index >= 15 is 0 Å². The van der Waals surface area contributed by atoms with Crippen LogP contribution >= 0.6 is 0 Å². The Balaban J connectivity index is 0.911. The topological polar surface area (TPSA) is 129 Å². The summed E-state index contributed by atoms with van der Waals surface area (Å²) in [5, 5.41) is 4.71. The first-order chi connectivity index (χ1) is 21.7. The van der Waals surface area contributed by atoms with Crippen molar-refractivity contribution in [2.24, 2.45) is 28.9 Å². The number of piperazine rings is 1. The standard InChI is InChI=1S/C33H42N6O5S/c34-31(40)33-19-22-17-23(20-33)30(24(18-22)21-33)35-32(41)44-39-16-15-38(28-3-1-2-4-29(28)39)26-7-5-25(6-8-26)36-11-13-37(14-12-36)45(42,43)27-9-10-27/h1-8,22-24,27,30H,9-21H2,(H2,34,40)(H,35,41)/t22?,23-,24+,30?,33?. The number of amides is 2. The lowest BCUT2D eigenvalue weighted by molar-refractivity contribution is -0.145. The number of rotatable bonds is 7. The molecule has 7 aliphatic rings. The molecule has 2 aromatic rings. The zero-order valence-corrected chi connectivity index (χ0v) is 26.3. The van der Waals surface area contributed by atoms with Gasteiger partial charge in [0.25, 0.3) is 0 Å². The molecule has 0 radical (unpaired) electrons. The number of hydroxylamine groups is 1. The number of nitrogens with one attached hydrogen (secondary N) is 1. The number of sulfonamides is 1. The van der Waals surface area contributed by atoms with Crippen LogP contribution < -0.4 is 25.9 Å². The molecule has 12 heteroatoms. The molecule has 3 N–H and O–H groups in total. The molecule has 4 bridgehead atoms. The van der Waals surface area contributed by atoms with Crippen molar-refractivity contribution in [3.63, 3.8) is 0 Å². The Morgan fingerprint density at radius 3 is 2.11 bits per heavy atom. The Morgan fingerprint density at radius 2 is 1.47 bits per heavy atom. The summed E-state index contributed by atoms with van der Waals surface area (Å²) >= 11 is 0. The smallest absolute Gasteiger partial charge is 0.369 e. The lowest BCUT2D eigenvalue weighted by Crippen LogP contribution is -2.62. The van der Waals surface area contributed by atoms with Gasteiger partial charge >= 0.3 is 6.09 Å². The Labute approximate surface area is 264 Å². The zero-order valence-electron chi connectivity index (χ0n) is 25.5. The molecule has 2 heterocycles. The molecule has 2 aromatic carbocycles. The van der Waals surface area contributed by atoms with E-state index in [2.05, 4.69) is 39.4 Å². The van der Waals surface area contributed by atoms with E-state index in [0.717, 1.165) is 67.7 Å². The van der Waals surface area contributed by atoms with Gasteiger partial charge in [0, 0.05) is 55.6 Å². The van der Waals surface area contributed by atoms with Crippen molar-refractivity contribution >= 4 is 44.8 Å². The van der Waals surface area contributed by atoms with Gasteiger partial charge in [-0.2, -0.15) is 4.31 Å². The summed E-state index contributed by atoms with van der Waals surface area (Å²) in [7, 11) is -3.13. The number of nitrogens with zero attached hydrogens (tertiary/aromatic N) is 4. The fraction of sp³-hybridized carbons (Fsp3) is 0.576. The molecule has 240 valence electrons. The van der Waals surface area contributed by atoms with Gasteiger partial charge in [-0.1, -0.05) is 12.1 Å². The van der Waals surface area contributed by atoms with Crippen molar-refractivity contribution in [1.29, 1.82) is 0 Å². The number of anilines is 4. The van der Waals surface area contributed by atoms with Gasteiger partial charge in [-0.15, -0.1) is 0 Å². The summed E-state index contributed by atoms with van der Waals surface area (Å²) in [4.78, 5) is 36.0. The minimum Gasteiger partial charge on any atom is -0.369 e. The Bertz CT molecular complexity index is 1570. The molecule has 5 aliphatic carbocycles. The monoisotopic (exact) mass is 634 g/mol. The van der Waals surface area contributed by atoms with Gasteiger partial charge in [-0.05, 0) is 99.1 Å². The highest BCUT2D eigenvalue weighted by atomic mass is 32.2. The van der Waals surface area contributed by atoms with E-state index in [-0.39, 0.29) is 34.4 Å². The number of benzene rings is 2. The van der Waals surface area contributed by atoms with Gasteiger partial charge in [0.2, 0.25) is 15.9 Å². The van der Waals surface area contributed by atoms with E-state index in [4.69, 9.17) is 10.6 Å². The number of hydrogen-bond donors (Lipinski definition) is 2. The molecule has 3 unspecified atom stereocenters. The van der Waals surface area contributed by atoms with E-state index in [1.54, 1.807) is 9.37 Å². The molecule has 5 atom stereocenters. The molecule has 0 aromatic heterocycles. The van der Waals surface area contributed by atoms with Crippen molar-refractivity contribution < 1.29 is 22.8 Å². The van der Waals surface area contributed by atoms with Gasteiger partial charge in [0.1, 0.15) is 0 Å². The van der Waals surface area contributed by atoms with Crippen molar-refractivity contribution in [2.75, 3.05) is 54.1 Å². The summed E-state index contributed by atoms with van der Waals surface area (Å²) in [5.74, 6) is 0.886. The molecule has 0 spiro atoms. The zero-order chi connectivity index (χ0) is 30.9. The fourth-order valence-electron chi connectivity index (χ4n) is 9.14. The summed E-state index contributed by atoms with van der Waals surface area (Å²) in [6, 6.07) is 16.4. The Kier molecular flexibility index (Phi) is 6.94. The summed E-state index contributed by atoms with van der Waals surface area (Å²) in [6.07, 6.45) is 5.65. The molecule has 9 rings (SSSR count). The second-order valence-corrected chi connectivity index (χ2v) is 16.3. The third kappa shape index (κ3) is 5.10. The number of para-hydroxylation sites is 2. The summed E-state index contributed by atoms with van der Waals surface area (Å²) in [6.45, 7) is 3.57. The minimum absolute atomic E-state index is 0.0159. The van der Waals surface area contributed by atoms with Gasteiger partial charge in [0.05, 0.1) is 23.2 Å². The van der Waals surface area contributed by atoms with E-state index in [1.807, 2.05) is 24.3 Å². The highest BCUT2D eigenvalue weighted by Crippen LogP contribution is 2.60. The Hall–Kier alpha value is -3.51. The lowest BCUT2D eigenvalue weighted by Gasteiger charge is -2.58. The first-order valence-electron chi connectivity index (χ1n) is 16.5. The maximum Gasteiger partial charge on any atom is 0.431 e. The highest BCUT2D eigenvalue weighted by Gasteiger charge is 2.58. The number of primary amides is 1. The number of nitrogens with two attached hydrogens (primary N) is 1. The minimum atomic E-state index is -3.13. The van der Waals surface area contributed by atoms with Crippen LogP contribution in [0.1, 0.15) is 44.9 Å². The fourth-order valence-corrected chi connectivity index (χ4v) is 11.0. The van der Waals surface area contributed by atoms with Crippen LogP contribution in [0.25, 0.3) is 0 Å². The number of carbonyl (C=O) groups excluding carboxylic acids is 2. The average Bonchev–Trinajstić information content (AvgIpc) is 3.90. The maximum absolute atomic E-state index is 13.3. The van der Waals surface area contributed by atoms with Crippen molar-refractivity contribution in [3.8, 4) is 0 Å². The van der Waals surface area contributed by atoms with Crippen LogP contribution in [0.2, 0.25) is 0 Å². The first kappa shape index (κ1) is 28.9. The molecular weight excluding hydrogens is 592 g/mol. The molecule has 11 nitrogen and oxygen atoms in total. The second kappa shape index (κ2) is 10.8. The Morgan fingerprint density at radius 1 is 0.822 bits per heavy atom. The van der Waals surface area contributed by atoms with Crippen LogP contribution in [0.5, 0.6) is 0 Å². The number of hydrogen-bond acceptors (Lipinski definition) is 8. The molecule has 2 amide bonds. The van der Waals surface area contributed by atoms with Crippen LogP contribution in [-0.2, 0) is 19.7 Å². The van der Waals surface area contributed by atoms with E-state index in [1.165, 1.54) is 0 Å². The third-order valence-electron chi connectivity index (χ3n) is 11.3. The molecular formula is C33H42N6O5S. The van der Waals surface area contributed by atoms with Crippen molar-refractivity contribution in [2.45, 2.75) is 56.2 Å². The van der Waals surface area contributed by atoms with Crippen LogP contribution in [0.15, 0.2) is 48.5 Å². The molecule has 6 fully saturated rings. The van der Waals surface area contributed by atoms with Gasteiger partial charge < -0.3 is 25.7 Å². The maximum atomic E-state index is 13.3. The van der Waals surface area contributed by atoms with Gasteiger partial charge in [0.15, 0.2) is 0 Å². The van der Waals surface area contributed by atoms with Gasteiger partial charge in [-0.25, -0.2) is 18.3 Å². The SMILES string of the molecule is NC(=O)C12CC3C[C@H](C1)C(NC(=O)ON1CCN(c4ccc(N5CCN(S(=O)(=O)C6CC6)CC5)cc4)c4ccccc41)[C@@H](C3)C2. The van der Waals surface area contributed by atoms with Crippen LogP contribution in [-0.4, -0.2) is 75.3 Å². The molecule has 1 saturated heterocycles. The van der Waals surface area contributed by atoms with Crippen molar-refractivity contribution in [1.82, 2.24) is 9.62 Å². The quantitative estimate of drug-likeness (QED) is 0.473. The van der Waals surface area contributed by atoms with Crippen LogP contribution in [0.4, 0.5) is 27.5 Å². The first-order valence-corrected chi connectivity index (χ1v) is 18.0. The lowest BCUT2D eigenvalue weighted by atomic mass is 9.47. The second-order valence-electron chi connectivity index (χ2n) is 14.1. The normalized spacial score (nSPS) is 31.1. The van der Waals surface area contributed by atoms with Crippen LogP contribution in [0.3, 0.4) is 0 Å². The summed E-state index contributed by atoms with van der Waals surface area (Å²) in [5.41, 5.74) is 9.37. The van der Waals surface area contributed by atoms with Gasteiger partial charge in [-0.3, -0.25) is 4.79 Å². The predicted octanol–water partition coefficient (Wildman–Crippen LogP) is 3.58. The largest absolute Gasteiger partial charge is 0.431 e. The van der Waals surface area contributed by atoms with E-state index in [0.29, 0.717) is 45.2 Å². The van der Waals surface area contributed by atoms with E-state index in [9.17, 15) is 18.0 Å². The highest BCUT2D eigenvalue weighted by molar-refractivity contribution is 7.90. The number of carbonyl (C=O) groups is 2. The van der Waals surface area contributed by atoms with Crippen molar-refractivity contribution in [3.05, 3.63) is 48.5 Å². The molecule has 2 aliphatic heterocycles. The van der Waals surface area contributed by atoms with Crippen LogP contribution in [0, 0.1) is 23.2 Å². The molecule has 45 heavy (non-hydrogen) atoms. The average molecular weight is 635 g/mol.